The van der Waals surface area contributed by atoms with E-state index in [1.165, 1.54) is 0 Å². The molecule has 106 valence electrons. The zero-order valence-electron chi connectivity index (χ0n) is 11.6. The Morgan fingerprint density at radius 2 is 1.95 bits per heavy atom. The van der Waals surface area contributed by atoms with Crippen molar-refractivity contribution < 1.29 is 9.21 Å². The largest absolute Gasteiger partial charge is 0.467 e. The van der Waals surface area contributed by atoms with Crippen LogP contribution in [0.1, 0.15) is 31.1 Å². The highest BCUT2D eigenvalue weighted by Crippen LogP contribution is 2.26. The van der Waals surface area contributed by atoms with E-state index in [9.17, 15) is 4.79 Å². The van der Waals surface area contributed by atoms with E-state index in [0.717, 1.165) is 11.3 Å². The Labute approximate surface area is 123 Å². The summed E-state index contributed by atoms with van der Waals surface area (Å²) in [5, 5.41) is 3.59. The van der Waals surface area contributed by atoms with Gasteiger partial charge in [0.15, 0.2) is 0 Å². The lowest BCUT2D eigenvalue weighted by atomic mass is 9.87. The van der Waals surface area contributed by atoms with Crippen LogP contribution in [-0.4, -0.2) is 5.91 Å². The fourth-order valence-electron chi connectivity index (χ4n) is 2.21. The summed E-state index contributed by atoms with van der Waals surface area (Å²) in [6.07, 6.45) is 1.60. The minimum Gasteiger partial charge on any atom is -0.467 e. The molecule has 1 aromatic heterocycles. The lowest BCUT2D eigenvalue weighted by Gasteiger charge is -2.20. The van der Waals surface area contributed by atoms with Crippen molar-refractivity contribution in [3.8, 4) is 0 Å². The van der Waals surface area contributed by atoms with Crippen LogP contribution >= 0.6 is 11.6 Å². The van der Waals surface area contributed by atoms with Gasteiger partial charge >= 0.3 is 0 Å². The van der Waals surface area contributed by atoms with E-state index in [1.807, 2.05) is 44.2 Å². The van der Waals surface area contributed by atoms with E-state index in [-0.39, 0.29) is 17.7 Å². The monoisotopic (exact) mass is 291 g/mol. The zero-order valence-corrected chi connectivity index (χ0v) is 12.4. The molecule has 2 aromatic rings. The standard InChI is InChI=1S/C16H18ClNO2/c1-11(2)15(12-5-7-13(17)8-6-12)16(19)18-10-14-4-3-9-20-14/h3-9,11,15H,10H2,1-2H3,(H,18,19)/t15-/m0/s1. The molecule has 1 amide bonds. The molecule has 1 N–H and O–H groups in total. The van der Waals surface area contributed by atoms with Crippen LogP contribution in [0.25, 0.3) is 0 Å². The summed E-state index contributed by atoms with van der Waals surface area (Å²) >= 11 is 5.89. The summed E-state index contributed by atoms with van der Waals surface area (Å²) in [4.78, 5) is 12.4. The molecule has 4 heteroatoms. The predicted octanol–water partition coefficient (Wildman–Crippen LogP) is 3.99. The lowest BCUT2D eigenvalue weighted by Crippen LogP contribution is -2.31. The number of rotatable bonds is 5. The Balaban J connectivity index is 2.08. The van der Waals surface area contributed by atoms with Gasteiger partial charge in [-0.3, -0.25) is 4.79 Å². The van der Waals surface area contributed by atoms with Gasteiger partial charge in [0.05, 0.1) is 18.7 Å². The van der Waals surface area contributed by atoms with E-state index in [0.29, 0.717) is 11.6 Å². The summed E-state index contributed by atoms with van der Waals surface area (Å²) in [6, 6.07) is 11.1. The van der Waals surface area contributed by atoms with Crippen LogP contribution in [0.3, 0.4) is 0 Å². The summed E-state index contributed by atoms with van der Waals surface area (Å²) in [5.41, 5.74) is 0.973. The minimum atomic E-state index is -0.192. The highest BCUT2D eigenvalue weighted by atomic mass is 35.5. The molecule has 0 saturated heterocycles. The molecule has 20 heavy (non-hydrogen) atoms. The van der Waals surface area contributed by atoms with Crippen molar-refractivity contribution in [3.05, 3.63) is 59.0 Å². The Morgan fingerprint density at radius 1 is 1.25 bits per heavy atom. The highest BCUT2D eigenvalue weighted by Gasteiger charge is 2.24. The first-order valence-electron chi connectivity index (χ1n) is 6.63. The van der Waals surface area contributed by atoms with Crippen LogP contribution < -0.4 is 5.32 Å². The molecule has 0 fully saturated rings. The second-order valence-corrected chi connectivity index (χ2v) is 5.51. The Morgan fingerprint density at radius 3 is 2.50 bits per heavy atom. The van der Waals surface area contributed by atoms with E-state index in [2.05, 4.69) is 5.32 Å². The van der Waals surface area contributed by atoms with Gasteiger partial charge in [-0.2, -0.15) is 0 Å². The number of benzene rings is 1. The maximum Gasteiger partial charge on any atom is 0.228 e. The number of hydrogen-bond acceptors (Lipinski definition) is 2. The normalized spacial score (nSPS) is 12.4. The van der Waals surface area contributed by atoms with Crippen LogP contribution in [0.2, 0.25) is 5.02 Å². The maximum atomic E-state index is 12.4. The van der Waals surface area contributed by atoms with Crippen LogP contribution in [0, 0.1) is 5.92 Å². The number of furan rings is 1. The molecule has 0 aliphatic rings. The van der Waals surface area contributed by atoms with Crippen molar-refractivity contribution in [1.29, 1.82) is 0 Å². The summed E-state index contributed by atoms with van der Waals surface area (Å²) in [7, 11) is 0. The SMILES string of the molecule is CC(C)[C@H](C(=O)NCc1ccco1)c1ccc(Cl)cc1. The second-order valence-electron chi connectivity index (χ2n) is 5.07. The summed E-state index contributed by atoms with van der Waals surface area (Å²) in [6.45, 7) is 4.47. The molecule has 0 saturated carbocycles. The predicted molar refractivity (Wildman–Crippen MR) is 79.6 cm³/mol. The molecule has 0 radical (unpaired) electrons. The van der Waals surface area contributed by atoms with Crippen molar-refractivity contribution in [1.82, 2.24) is 5.32 Å². The summed E-state index contributed by atoms with van der Waals surface area (Å²) < 4.78 is 5.21. The van der Waals surface area contributed by atoms with Gasteiger partial charge in [-0.25, -0.2) is 0 Å². The molecule has 1 atom stereocenters. The van der Waals surface area contributed by atoms with Gasteiger partial charge in [0.2, 0.25) is 5.91 Å². The van der Waals surface area contributed by atoms with E-state index < -0.39 is 0 Å². The zero-order chi connectivity index (χ0) is 14.5. The van der Waals surface area contributed by atoms with Crippen molar-refractivity contribution in [2.24, 2.45) is 5.92 Å². The third-order valence-electron chi connectivity index (χ3n) is 3.20. The van der Waals surface area contributed by atoms with Crippen molar-refractivity contribution in [2.75, 3.05) is 0 Å². The molecule has 1 aromatic carbocycles. The van der Waals surface area contributed by atoms with E-state index in [1.54, 1.807) is 12.3 Å². The number of carbonyl (C=O) groups excluding carboxylic acids is 1. The van der Waals surface area contributed by atoms with Gasteiger partial charge < -0.3 is 9.73 Å². The third kappa shape index (κ3) is 3.64. The lowest BCUT2D eigenvalue weighted by molar-refractivity contribution is -0.123. The molecule has 0 aliphatic carbocycles. The molecule has 1 heterocycles. The molecular formula is C16H18ClNO2. The Bertz CT molecular complexity index is 546. The Hall–Kier alpha value is -1.74. The molecule has 0 unspecified atom stereocenters. The fraction of sp³-hybridized carbons (Fsp3) is 0.312. The highest BCUT2D eigenvalue weighted by molar-refractivity contribution is 6.30. The third-order valence-corrected chi connectivity index (χ3v) is 3.45. The van der Waals surface area contributed by atoms with Crippen molar-refractivity contribution in [3.63, 3.8) is 0 Å². The van der Waals surface area contributed by atoms with Gasteiger partial charge in [0.25, 0.3) is 0 Å². The van der Waals surface area contributed by atoms with Gasteiger partial charge in [0, 0.05) is 5.02 Å². The molecule has 0 bridgehead atoms. The van der Waals surface area contributed by atoms with Crippen molar-refractivity contribution >= 4 is 17.5 Å². The first kappa shape index (κ1) is 14.7. The number of carbonyl (C=O) groups is 1. The summed E-state index contributed by atoms with van der Waals surface area (Å²) in [5.74, 6) is 0.755. The first-order chi connectivity index (χ1) is 9.58. The molecule has 0 aliphatic heterocycles. The van der Waals surface area contributed by atoms with Crippen LogP contribution in [0.4, 0.5) is 0 Å². The van der Waals surface area contributed by atoms with Crippen LogP contribution in [-0.2, 0) is 11.3 Å². The van der Waals surface area contributed by atoms with E-state index >= 15 is 0 Å². The van der Waals surface area contributed by atoms with Gasteiger partial charge in [-0.1, -0.05) is 37.6 Å². The van der Waals surface area contributed by atoms with Crippen LogP contribution in [0.5, 0.6) is 0 Å². The average molecular weight is 292 g/mol. The fourth-order valence-corrected chi connectivity index (χ4v) is 2.33. The number of amides is 1. The van der Waals surface area contributed by atoms with E-state index in [4.69, 9.17) is 16.0 Å². The number of nitrogens with one attached hydrogen (secondary N) is 1. The molecule has 3 nitrogen and oxygen atoms in total. The molecule has 0 spiro atoms. The topological polar surface area (TPSA) is 42.2 Å². The smallest absolute Gasteiger partial charge is 0.228 e. The quantitative estimate of drug-likeness (QED) is 0.905. The average Bonchev–Trinajstić information content (AvgIpc) is 2.92. The van der Waals surface area contributed by atoms with Gasteiger partial charge in [-0.15, -0.1) is 0 Å². The van der Waals surface area contributed by atoms with Crippen LogP contribution in [0.15, 0.2) is 47.1 Å². The van der Waals surface area contributed by atoms with Crippen molar-refractivity contribution in [2.45, 2.75) is 26.3 Å². The van der Waals surface area contributed by atoms with Gasteiger partial charge in [-0.05, 0) is 35.7 Å². The number of halogens is 1. The molecule has 2 rings (SSSR count). The second kappa shape index (κ2) is 6.62. The minimum absolute atomic E-state index is 0.00118. The molecular weight excluding hydrogens is 274 g/mol. The Kier molecular flexibility index (Phi) is 4.85. The maximum absolute atomic E-state index is 12.4. The first-order valence-corrected chi connectivity index (χ1v) is 7.01. The van der Waals surface area contributed by atoms with Gasteiger partial charge in [0.1, 0.15) is 5.76 Å². The number of hydrogen-bond donors (Lipinski definition) is 1.